The molecule has 2 amide bonds. The van der Waals surface area contributed by atoms with E-state index in [9.17, 15) is 22.8 Å². The van der Waals surface area contributed by atoms with Crippen LogP contribution < -0.4 is 10.2 Å². The zero-order valence-electron chi connectivity index (χ0n) is 25.4. The number of carbonyl (C=O) groups excluding carboxylic acids is 2. The van der Waals surface area contributed by atoms with Gasteiger partial charge in [0.2, 0.25) is 0 Å². The molecule has 2 atom stereocenters. The zero-order chi connectivity index (χ0) is 31.0. The first-order valence-electron chi connectivity index (χ1n) is 14.3. The van der Waals surface area contributed by atoms with Gasteiger partial charge in [0.25, 0.3) is 5.91 Å². The molecule has 0 radical (unpaired) electrons. The summed E-state index contributed by atoms with van der Waals surface area (Å²) in [5, 5.41) is 0. The minimum absolute atomic E-state index is 0.0105. The summed E-state index contributed by atoms with van der Waals surface area (Å²) >= 11 is 0. The molecule has 232 valence electrons. The third-order valence-electron chi connectivity index (χ3n) is 7.37. The van der Waals surface area contributed by atoms with E-state index in [2.05, 4.69) is 4.99 Å². The molecule has 0 saturated carbocycles. The van der Waals surface area contributed by atoms with E-state index in [4.69, 9.17) is 14.2 Å². The van der Waals surface area contributed by atoms with Gasteiger partial charge in [0.15, 0.2) is 5.49 Å². The van der Waals surface area contributed by atoms with Gasteiger partial charge in [-0.15, -0.1) is 0 Å². The van der Waals surface area contributed by atoms with Gasteiger partial charge in [-0.1, -0.05) is 20.8 Å². The Labute approximate surface area is 244 Å². The van der Waals surface area contributed by atoms with Gasteiger partial charge in [-0.3, -0.25) is 14.2 Å². The minimum atomic E-state index is -4.67. The van der Waals surface area contributed by atoms with Crippen molar-refractivity contribution in [3.63, 3.8) is 0 Å². The Morgan fingerprint density at radius 1 is 1.07 bits per heavy atom. The lowest BCUT2D eigenvalue weighted by Crippen LogP contribution is -2.55. The molecule has 4 rings (SSSR count). The van der Waals surface area contributed by atoms with Gasteiger partial charge in [0.1, 0.15) is 18.0 Å². The lowest BCUT2D eigenvalue weighted by atomic mass is 9.92. The molecule has 0 N–H and O–H groups in total. The smallest absolute Gasteiger partial charge is 0.416 e. The van der Waals surface area contributed by atoms with Gasteiger partial charge in [-0.2, -0.15) is 18.2 Å². The first-order chi connectivity index (χ1) is 19.4. The van der Waals surface area contributed by atoms with Crippen molar-refractivity contribution in [1.82, 2.24) is 14.3 Å². The number of aromatic nitrogens is 2. The molecule has 2 saturated heterocycles. The lowest BCUT2D eigenvalue weighted by Gasteiger charge is -2.41. The predicted octanol–water partition coefficient (Wildman–Crippen LogP) is 5.45. The van der Waals surface area contributed by atoms with E-state index >= 15 is 0 Å². The number of alkyl halides is 3. The number of hydrogen-bond acceptors (Lipinski definition) is 5. The van der Waals surface area contributed by atoms with Gasteiger partial charge >= 0.3 is 12.3 Å². The second-order valence-corrected chi connectivity index (χ2v) is 12.9. The fourth-order valence-corrected chi connectivity index (χ4v) is 5.09. The van der Waals surface area contributed by atoms with E-state index in [1.807, 2.05) is 37.2 Å². The van der Waals surface area contributed by atoms with Crippen LogP contribution in [0.1, 0.15) is 82.4 Å². The summed E-state index contributed by atoms with van der Waals surface area (Å²) in [6, 6.07) is 4.23. The highest BCUT2D eigenvalue weighted by molar-refractivity contribution is 5.97. The van der Waals surface area contributed by atoms with Gasteiger partial charge < -0.3 is 19.1 Å². The largest absolute Gasteiger partial charge is 0.491 e. The number of ether oxygens (including phenoxy) is 3. The van der Waals surface area contributed by atoms with E-state index < -0.39 is 29.3 Å². The second-order valence-electron chi connectivity index (χ2n) is 12.9. The quantitative estimate of drug-likeness (QED) is 0.444. The van der Waals surface area contributed by atoms with Crippen molar-refractivity contribution in [1.29, 1.82) is 0 Å². The van der Waals surface area contributed by atoms with Gasteiger partial charge in [-0.05, 0) is 58.2 Å². The van der Waals surface area contributed by atoms with E-state index in [0.29, 0.717) is 31.6 Å². The molecule has 0 unspecified atom stereocenters. The highest BCUT2D eigenvalue weighted by atomic mass is 19.4. The molecule has 2 fully saturated rings. The SMILES string of the molecule is Cn1c(C(C)(C)C)cc(=NC(=O)c2cc(C(F)(F)F)ccc2OC[C@@H]2CCN2C(=O)OC(C)(C)C)n1C[C@H]1CCCO1. The summed E-state index contributed by atoms with van der Waals surface area (Å²) in [6.07, 6.45) is -2.77. The van der Waals surface area contributed by atoms with Gasteiger partial charge in [0.05, 0.1) is 29.8 Å². The van der Waals surface area contributed by atoms with Crippen molar-refractivity contribution >= 4 is 12.0 Å². The molecule has 2 aromatic rings. The Morgan fingerprint density at radius 2 is 1.79 bits per heavy atom. The van der Waals surface area contributed by atoms with Gasteiger partial charge in [-0.25, -0.2) is 4.79 Å². The third kappa shape index (κ3) is 7.37. The van der Waals surface area contributed by atoms with Crippen LogP contribution >= 0.6 is 0 Å². The summed E-state index contributed by atoms with van der Waals surface area (Å²) in [7, 11) is 1.87. The van der Waals surface area contributed by atoms with Crippen molar-refractivity contribution in [3.05, 3.63) is 46.6 Å². The Kier molecular flexibility index (Phi) is 8.87. The first kappa shape index (κ1) is 31.7. The van der Waals surface area contributed by atoms with Crippen LogP contribution in [0.2, 0.25) is 0 Å². The molecule has 0 aliphatic carbocycles. The topological polar surface area (TPSA) is 87.3 Å². The molecule has 2 aliphatic heterocycles. The van der Waals surface area contributed by atoms with Crippen molar-refractivity contribution in [3.8, 4) is 5.75 Å². The van der Waals surface area contributed by atoms with Crippen LogP contribution in [0.15, 0.2) is 29.3 Å². The van der Waals surface area contributed by atoms with E-state index in [-0.39, 0.29) is 35.5 Å². The van der Waals surface area contributed by atoms with Crippen molar-refractivity contribution in [2.24, 2.45) is 12.0 Å². The molecule has 1 aromatic carbocycles. The fourth-order valence-electron chi connectivity index (χ4n) is 5.09. The highest BCUT2D eigenvalue weighted by Crippen LogP contribution is 2.33. The maximum atomic E-state index is 13.7. The normalized spacial score (nSPS) is 20.0. The molecule has 0 bridgehead atoms. The van der Waals surface area contributed by atoms with Crippen LogP contribution in [0.3, 0.4) is 0 Å². The molecular weight excluding hydrogens is 553 g/mol. The zero-order valence-corrected chi connectivity index (χ0v) is 25.4. The number of amides is 2. The number of halogens is 3. The molecular formula is C30H41F3N4O5. The van der Waals surface area contributed by atoms with Crippen LogP contribution in [0.25, 0.3) is 0 Å². The Balaban J connectivity index is 1.66. The van der Waals surface area contributed by atoms with Gasteiger partial charge in [0, 0.05) is 37.4 Å². The average Bonchev–Trinajstić information content (AvgIpc) is 3.45. The number of benzene rings is 1. The summed E-state index contributed by atoms with van der Waals surface area (Å²) in [5.74, 6) is -0.897. The lowest BCUT2D eigenvalue weighted by molar-refractivity contribution is -0.137. The minimum Gasteiger partial charge on any atom is -0.491 e. The maximum absolute atomic E-state index is 13.7. The van der Waals surface area contributed by atoms with E-state index in [0.717, 1.165) is 36.7 Å². The molecule has 3 heterocycles. The fraction of sp³-hybridized carbons (Fsp3) is 0.633. The molecule has 2 aliphatic rings. The number of nitrogens with zero attached hydrogens (tertiary/aromatic N) is 4. The van der Waals surface area contributed by atoms with Crippen LogP contribution in [0.5, 0.6) is 5.75 Å². The Morgan fingerprint density at radius 3 is 2.33 bits per heavy atom. The standard InChI is InChI=1S/C30H41F3N4O5/c1-28(2,3)24-16-25(37(35(24)7)17-21-9-8-14-40-21)34-26(38)22-15-19(30(31,32)33)10-11-23(22)41-18-20-12-13-36(20)27(39)42-29(4,5)6/h10-11,15-16,20-21H,8-9,12-14,17-18H2,1-7H3/t20-,21+/m0/s1. The van der Waals surface area contributed by atoms with Crippen molar-refractivity contribution in [2.45, 2.75) is 96.7 Å². The van der Waals surface area contributed by atoms with Crippen LogP contribution in [0.4, 0.5) is 18.0 Å². The van der Waals surface area contributed by atoms with Crippen LogP contribution in [0, 0.1) is 0 Å². The molecule has 1 aromatic heterocycles. The Hall–Kier alpha value is -3.28. The summed E-state index contributed by atoms with van der Waals surface area (Å²) in [5.41, 5.74) is -1.02. The third-order valence-corrected chi connectivity index (χ3v) is 7.37. The summed E-state index contributed by atoms with van der Waals surface area (Å²) in [4.78, 5) is 31.9. The van der Waals surface area contributed by atoms with Crippen molar-refractivity contribution in [2.75, 3.05) is 19.8 Å². The van der Waals surface area contributed by atoms with Crippen LogP contribution in [-0.4, -0.2) is 63.8 Å². The molecule has 0 spiro atoms. The summed E-state index contributed by atoms with van der Waals surface area (Å²) < 4.78 is 61.8. The maximum Gasteiger partial charge on any atom is 0.416 e. The highest BCUT2D eigenvalue weighted by Gasteiger charge is 2.37. The molecule has 9 nitrogen and oxygen atoms in total. The number of rotatable bonds is 6. The van der Waals surface area contributed by atoms with E-state index in [1.165, 1.54) is 4.90 Å². The second kappa shape index (κ2) is 11.8. The van der Waals surface area contributed by atoms with E-state index in [1.54, 1.807) is 26.8 Å². The molecule has 42 heavy (non-hydrogen) atoms. The monoisotopic (exact) mass is 594 g/mol. The first-order valence-corrected chi connectivity index (χ1v) is 14.3. The number of hydrogen-bond donors (Lipinski definition) is 0. The van der Waals surface area contributed by atoms with Crippen LogP contribution in [-0.2, 0) is 34.7 Å². The van der Waals surface area contributed by atoms with Crippen molar-refractivity contribution < 1.29 is 37.0 Å². The number of likely N-dealkylation sites (tertiary alicyclic amines) is 1. The predicted molar refractivity (Wildman–Crippen MR) is 149 cm³/mol. The molecule has 12 heteroatoms. The Bertz CT molecular complexity index is 1380. The number of carbonyl (C=O) groups is 2. The average molecular weight is 595 g/mol. The summed E-state index contributed by atoms with van der Waals surface area (Å²) in [6.45, 7) is 13.0.